The summed E-state index contributed by atoms with van der Waals surface area (Å²) >= 11 is 0. The van der Waals surface area contributed by atoms with Crippen molar-refractivity contribution in [2.24, 2.45) is 17.3 Å². The molecule has 2 aromatic rings. The zero-order valence-electron chi connectivity index (χ0n) is 13.8. The fourth-order valence-electron chi connectivity index (χ4n) is 3.91. The molecule has 1 aliphatic carbocycles. The van der Waals surface area contributed by atoms with Crippen LogP contribution in [-0.4, -0.2) is 20.5 Å². The molecule has 3 rings (SSSR count). The third-order valence-corrected chi connectivity index (χ3v) is 4.58. The van der Waals surface area contributed by atoms with E-state index in [1.807, 2.05) is 19.2 Å². The molecule has 0 radical (unpaired) electrons. The first-order valence-electron chi connectivity index (χ1n) is 7.96. The van der Waals surface area contributed by atoms with Crippen molar-refractivity contribution in [2.45, 2.75) is 47.0 Å². The molecule has 2 atom stereocenters. The van der Waals surface area contributed by atoms with Crippen LogP contribution in [0.25, 0.3) is 5.65 Å². The summed E-state index contributed by atoms with van der Waals surface area (Å²) in [5, 5.41) is 7.47. The van der Waals surface area contributed by atoms with Gasteiger partial charge in [0.05, 0.1) is 5.69 Å². The van der Waals surface area contributed by atoms with E-state index >= 15 is 0 Å². The molecule has 1 N–H and O–H groups in total. The number of carbonyl (C=O) groups excluding carboxylic acids is 1. The molecule has 0 saturated heterocycles. The van der Waals surface area contributed by atoms with Crippen LogP contribution in [0.1, 0.15) is 45.7 Å². The van der Waals surface area contributed by atoms with Gasteiger partial charge in [-0.25, -0.2) is 9.50 Å². The summed E-state index contributed by atoms with van der Waals surface area (Å²) in [6, 6.07) is 1.83. The van der Waals surface area contributed by atoms with Crippen LogP contribution in [0.2, 0.25) is 0 Å². The Morgan fingerprint density at radius 2 is 2.18 bits per heavy atom. The number of aromatic nitrogens is 3. The molecule has 0 spiro atoms. The van der Waals surface area contributed by atoms with Crippen LogP contribution in [0.15, 0.2) is 18.5 Å². The van der Waals surface area contributed by atoms with Gasteiger partial charge in [0.15, 0.2) is 5.65 Å². The van der Waals surface area contributed by atoms with Gasteiger partial charge in [0, 0.05) is 18.3 Å². The van der Waals surface area contributed by atoms with Gasteiger partial charge in [0.2, 0.25) is 5.91 Å². The number of amides is 1. The summed E-state index contributed by atoms with van der Waals surface area (Å²) in [6.07, 6.45) is 6.65. The molecule has 2 aromatic heterocycles. The molecule has 0 unspecified atom stereocenters. The Balaban J connectivity index is 1.83. The molecule has 1 aliphatic rings. The van der Waals surface area contributed by atoms with Crippen molar-refractivity contribution < 1.29 is 4.79 Å². The second-order valence-corrected chi connectivity index (χ2v) is 7.45. The van der Waals surface area contributed by atoms with Crippen molar-refractivity contribution in [1.82, 2.24) is 14.6 Å². The number of hydrogen-bond donors (Lipinski definition) is 1. The summed E-state index contributed by atoms with van der Waals surface area (Å²) in [5.74, 6) is 0.753. The zero-order chi connectivity index (χ0) is 15.9. The number of rotatable bonds is 2. The zero-order valence-corrected chi connectivity index (χ0v) is 13.8. The molecular weight excluding hydrogens is 276 g/mol. The highest BCUT2D eigenvalue weighted by Crippen LogP contribution is 2.42. The van der Waals surface area contributed by atoms with Crippen LogP contribution in [0, 0.1) is 24.2 Å². The largest absolute Gasteiger partial charge is 0.321 e. The van der Waals surface area contributed by atoms with Crippen molar-refractivity contribution in [3.63, 3.8) is 0 Å². The summed E-state index contributed by atoms with van der Waals surface area (Å²) in [7, 11) is 0. The molecule has 5 nitrogen and oxygen atoms in total. The Kier molecular flexibility index (Phi) is 3.67. The van der Waals surface area contributed by atoms with E-state index in [-0.39, 0.29) is 17.2 Å². The lowest BCUT2D eigenvalue weighted by Gasteiger charge is -2.38. The van der Waals surface area contributed by atoms with Gasteiger partial charge in [-0.1, -0.05) is 20.8 Å². The fraction of sp³-hybridized carbons (Fsp3) is 0.588. The first kappa shape index (κ1) is 15.0. The minimum Gasteiger partial charge on any atom is -0.321 e. The predicted molar refractivity (Wildman–Crippen MR) is 86.6 cm³/mol. The number of fused-ring (bicyclic) bond motifs is 1. The normalized spacial score (nSPS) is 24.4. The van der Waals surface area contributed by atoms with Crippen LogP contribution in [0.4, 0.5) is 5.69 Å². The van der Waals surface area contributed by atoms with Crippen molar-refractivity contribution in [3.05, 3.63) is 24.2 Å². The van der Waals surface area contributed by atoms with E-state index in [1.54, 1.807) is 10.7 Å². The van der Waals surface area contributed by atoms with Crippen LogP contribution in [-0.2, 0) is 4.79 Å². The fourth-order valence-corrected chi connectivity index (χ4v) is 3.91. The van der Waals surface area contributed by atoms with Gasteiger partial charge < -0.3 is 5.32 Å². The van der Waals surface area contributed by atoms with Crippen LogP contribution in [0.3, 0.4) is 0 Å². The van der Waals surface area contributed by atoms with Crippen LogP contribution in [0.5, 0.6) is 0 Å². The second kappa shape index (κ2) is 5.38. The molecule has 0 aliphatic heterocycles. The van der Waals surface area contributed by atoms with E-state index in [0.29, 0.717) is 11.6 Å². The Bertz CT molecular complexity index is 704. The summed E-state index contributed by atoms with van der Waals surface area (Å²) < 4.78 is 1.71. The van der Waals surface area contributed by atoms with Crippen molar-refractivity contribution in [3.8, 4) is 0 Å². The lowest BCUT2D eigenvalue weighted by Crippen LogP contribution is -2.34. The third kappa shape index (κ3) is 2.85. The smallest absolute Gasteiger partial charge is 0.227 e. The molecule has 5 heteroatoms. The number of nitrogens with one attached hydrogen (secondary N) is 1. The van der Waals surface area contributed by atoms with Crippen molar-refractivity contribution in [2.75, 3.05) is 5.32 Å². The number of carbonyl (C=O) groups is 1. The minimum atomic E-state index is 0.0665. The molecule has 2 heterocycles. The minimum absolute atomic E-state index is 0.0665. The highest BCUT2D eigenvalue weighted by atomic mass is 16.1. The van der Waals surface area contributed by atoms with Crippen LogP contribution < -0.4 is 5.32 Å². The van der Waals surface area contributed by atoms with Crippen molar-refractivity contribution in [1.29, 1.82) is 0 Å². The number of hydrogen-bond acceptors (Lipinski definition) is 3. The first-order valence-corrected chi connectivity index (χ1v) is 7.96. The maximum Gasteiger partial charge on any atom is 0.227 e. The van der Waals surface area contributed by atoms with Gasteiger partial charge in [-0.15, -0.1) is 0 Å². The quantitative estimate of drug-likeness (QED) is 0.924. The van der Waals surface area contributed by atoms with Gasteiger partial charge in [-0.2, -0.15) is 5.10 Å². The van der Waals surface area contributed by atoms with Crippen molar-refractivity contribution >= 4 is 17.2 Å². The average Bonchev–Trinajstić information content (AvgIpc) is 2.73. The third-order valence-electron chi connectivity index (χ3n) is 4.58. The maximum absolute atomic E-state index is 12.7. The summed E-state index contributed by atoms with van der Waals surface area (Å²) in [5.41, 5.74) is 2.47. The molecule has 1 fully saturated rings. The Morgan fingerprint density at radius 3 is 2.91 bits per heavy atom. The Labute approximate surface area is 131 Å². The number of aryl methyl sites for hydroxylation is 1. The van der Waals surface area contributed by atoms with Crippen LogP contribution >= 0.6 is 0 Å². The second-order valence-electron chi connectivity index (χ2n) is 7.45. The molecular formula is C17H24N4O. The van der Waals surface area contributed by atoms with E-state index in [0.717, 1.165) is 24.2 Å². The Hall–Kier alpha value is -1.91. The lowest BCUT2D eigenvalue weighted by atomic mass is 9.68. The molecule has 0 aromatic carbocycles. The van der Waals surface area contributed by atoms with E-state index < -0.39 is 0 Å². The summed E-state index contributed by atoms with van der Waals surface area (Å²) in [6.45, 7) is 8.65. The maximum atomic E-state index is 12.7. The van der Waals surface area contributed by atoms with E-state index in [1.165, 1.54) is 6.42 Å². The molecule has 22 heavy (non-hydrogen) atoms. The topological polar surface area (TPSA) is 59.3 Å². The highest BCUT2D eigenvalue weighted by molar-refractivity contribution is 5.96. The number of anilines is 1. The standard InChI is InChI=1S/C17H24N4O/c1-11-8-13(10-17(3,4)9-11)16(22)19-14-12(2)20-21-7-5-6-18-15(14)21/h5-7,11,13H,8-10H2,1-4H3,(H,19,22)/t11-,13+/m1/s1. The molecule has 0 bridgehead atoms. The van der Waals surface area contributed by atoms with Gasteiger partial charge in [0.25, 0.3) is 0 Å². The molecule has 1 saturated carbocycles. The summed E-state index contributed by atoms with van der Waals surface area (Å²) in [4.78, 5) is 17.0. The number of nitrogens with zero attached hydrogens (tertiary/aromatic N) is 3. The Morgan fingerprint density at radius 1 is 1.41 bits per heavy atom. The van der Waals surface area contributed by atoms with Gasteiger partial charge in [-0.05, 0) is 43.6 Å². The van der Waals surface area contributed by atoms with Gasteiger partial charge >= 0.3 is 0 Å². The highest BCUT2D eigenvalue weighted by Gasteiger charge is 2.35. The van der Waals surface area contributed by atoms with E-state index in [2.05, 4.69) is 36.2 Å². The molecule has 1 amide bonds. The average molecular weight is 300 g/mol. The monoisotopic (exact) mass is 300 g/mol. The van der Waals surface area contributed by atoms with Gasteiger partial charge in [0.1, 0.15) is 5.69 Å². The van der Waals surface area contributed by atoms with Gasteiger partial charge in [-0.3, -0.25) is 4.79 Å². The lowest BCUT2D eigenvalue weighted by molar-refractivity contribution is -0.122. The van der Waals surface area contributed by atoms with E-state index in [9.17, 15) is 4.79 Å². The van der Waals surface area contributed by atoms with E-state index in [4.69, 9.17) is 0 Å². The molecule has 118 valence electrons. The first-order chi connectivity index (χ1) is 10.4. The SMILES string of the molecule is Cc1nn2cccnc2c1NC(=O)[C@H]1C[C@@H](C)CC(C)(C)C1. The predicted octanol–water partition coefficient (Wildman–Crippen LogP) is 3.44.